The van der Waals surface area contributed by atoms with Crippen LogP contribution in [0, 0.1) is 0 Å². The van der Waals surface area contributed by atoms with E-state index in [9.17, 15) is 9.59 Å². The van der Waals surface area contributed by atoms with Crippen LogP contribution in [0.2, 0.25) is 0 Å². The third kappa shape index (κ3) is 20.4. The van der Waals surface area contributed by atoms with Gasteiger partial charge in [0.15, 0.2) is 0 Å². The van der Waals surface area contributed by atoms with Crippen molar-refractivity contribution in [2.24, 2.45) is 5.73 Å². The van der Waals surface area contributed by atoms with Gasteiger partial charge in [0.25, 0.3) is 0 Å². The molecular weight excluding hydrogens is 130 g/mol. The molecule has 56 valence electrons. The molecule has 0 bridgehead atoms. The fourth-order valence-electron chi connectivity index (χ4n) is 0.0861. The number of hydrogen-bond acceptors (Lipinski definition) is 5. The van der Waals surface area contributed by atoms with Gasteiger partial charge in [-0.3, -0.25) is 0 Å². The third-order valence-electron chi connectivity index (χ3n) is 0.188. The van der Waals surface area contributed by atoms with Gasteiger partial charge in [0.1, 0.15) is 0 Å². The highest BCUT2D eigenvalue weighted by molar-refractivity contribution is 5.78. The Morgan fingerprint density at radius 3 is 1.67 bits per heavy atom. The van der Waals surface area contributed by atoms with Crippen molar-refractivity contribution in [1.29, 1.82) is 0 Å². The number of carbonyl (C=O) groups excluding carboxylic acids is 1. The van der Waals surface area contributed by atoms with Crippen LogP contribution in [0.4, 0.5) is 9.59 Å². The maximum Gasteiger partial charge on any atom is 0.514 e. The van der Waals surface area contributed by atoms with Gasteiger partial charge in [0.2, 0.25) is 0 Å². The van der Waals surface area contributed by atoms with Gasteiger partial charge in [-0.05, 0) is 0 Å². The van der Waals surface area contributed by atoms with E-state index in [0.29, 0.717) is 0 Å². The van der Waals surface area contributed by atoms with E-state index in [1.54, 1.807) is 0 Å². The Bertz CT molecular complexity index is 90.0. The molecule has 1 amide bonds. The van der Waals surface area contributed by atoms with Crippen molar-refractivity contribution < 1.29 is 19.4 Å². The van der Waals surface area contributed by atoms with Crippen LogP contribution in [-0.2, 0) is 4.74 Å². The number of rotatable bonds is 0. The van der Waals surface area contributed by atoms with Crippen molar-refractivity contribution >= 4 is 12.2 Å². The van der Waals surface area contributed by atoms with Crippen LogP contribution in [0.5, 0.6) is 0 Å². The third-order valence-corrected chi connectivity index (χ3v) is 0.188. The minimum absolute atomic E-state index is 0. The van der Waals surface area contributed by atoms with E-state index in [1.807, 2.05) is 0 Å². The average Bonchev–Trinajstić information content (AvgIpc) is 1.27. The molecule has 0 atom stereocenters. The van der Waals surface area contributed by atoms with E-state index in [1.165, 1.54) is 0 Å². The summed E-state index contributed by atoms with van der Waals surface area (Å²) in [6.45, 7) is 0. The number of primary amides is 1. The number of hydrogen-bond donors (Lipinski definition) is 4. The summed E-state index contributed by atoms with van der Waals surface area (Å²) >= 11 is 0. The van der Waals surface area contributed by atoms with Gasteiger partial charge in [-0.2, -0.15) is 0 Å². The molecule has 0 aromatic rings. The van der Waals surface area contributed by atoms with E-state index in [-0.39, 0.29) is 12.3 Å². The molecule has 7 heteroatoms. The zero-order valence-electron chi connectivity index (χ0n) is 4.66. The van der Waals surface area contributed by atoms with Crippen molar-refractivity contribution in [3.05, 3.63) is 0 Å². The van der Waals surface area contributed by atoms with Crippen molar-refractivity contribution in [1.82, 2.24) is 12.3 Å². The first kappa shape index (κ1) is 15.6. The molecule has 0 aromatic heterocycles. The molecule has 7 nitrogen and oxygen atoms in total. The van der Waals surface area contributed by atoms with Gasteiger partial charge in [0.05, 0.1) is 0 Å². The molecule has 0 aliphatic heterocycles. The molecule has 0 saturated heterocycles. The molecule has 0 fully saturated rings. The second-order valence-corrected chi connectivity index (χ2v) is 0.687. The largest absolute Gasteiger partial charge is 0.514 e. The SMILES string of the molecule is N.N.NC(=O)OC(=O)O. The van der Waals surface area contributed by atoms with E-state index >= 15 is 0 Å². The van der Waals surface area contributed by atoms with Crippen LogP contribution in [0.15, 0.2) is 0 Å². The van der Waals surface area contributed by atoms with Crippen molar-refractivity contribution in [3.63, 3.8) is 0 Å². The van der Waals surface area contributed by atoms with Crippen LogP contribution in [0.3, 0.4) is 0 Å². The lowest BCUT2D eigenvalue weighted by Gasteiger charge is -1.85. The normalized spacial score (nSPS) is 5.78. The summed E-state index contributed by atoms with van der Waals surface area (Å²) in [5.74, 6) is 0. The molecule has 0 saturated carbocycles. The standard InChI is InChI=1S/C2H3NO4.2H3N/c3-1(4)7-2(5)6;;/h(H2,3,4)(H,5,6);2*1H3. The van der Waals surface area contributed by atoms with Gasteiger partial charge in [-0.25, -0.2) is 9.59 Å². The second kappa shape index (κ2) is 6.66. The van der Waals surface area contributed by atoms with Gasteiger partial charge in [-0.1, -0.05) is 0 Å². The zero-order valence-corrected chi connectivity index (χ0v) is 4.66. The van der Waals surface area contributed by atoms with Crippen LogP contribution in [-0.4, -0.2) is 17.4 Å². The summed E-state index contributed by atoms with van der Waals surface area (Å²) in [5, 5.41) is 7.56. The lowest BCUT2D eigenvalue weighted by atomic mass is 11.2. The molecular formula is C2H9N3O4. The van der Waals surface area contributed by atoms with Crippen LogP contribution < -0.4 is 18.0 Å². The van der Waals surface area contributed by atoms with Crippen molar-refractivity contribution in [2.75, 3.05) is 0 Å². The Kier molecular flexibility index (Phi) is 11.6. The molecule has 0 radical (unpaired) electrons. The average molecular weight is 139 g/mol. The Labute approximate surface area is 50.9 Å². The minimum atomic E-state index is -1.69. The Balaban J connectivity index is -0.000000180. The molecule has 0 aliphatic rings. The minimum Gasteiger partial charge on any atom is -0.449 e. The molecule has 9 N–H and O–H groups in total. The second-order valence-electron chi connectivity index (χ2n) is 0.687. The highest BCUT2D eigenvalue weighted by Gasteiger charge is 1.98. The smallest absolute Gasteiger partial charge is 0.449 e. The lowest BCUT2D eigenvalue weighted by molar-refractivity contribution is 0.114. The maximum atomic E-state index is 9.43. The van der Waals surface area contributed by atoms with Crippen molar-refractivity contribution in [3.8, 4) is 0 Å². The Hall–Kier alpha value is -1.34. The van der Waals surface area contributed by atoms with Gasteiger partial charge in [-0.15, -0.1) is 0 Å². The molecule has 0 heterocycles. The summed E-state index contributed by atoms with van der Waals surface area (Å²) in [6, 6.07) is 0. The lowest BCUT2D eigenvalue weighted by Crippen LogP contribution is -2.16. The van der Waals surface area contributed by atoms with E-state index in [0.717, 1.165) is 0 Å². The van der Waals surface area contributed by atoms with Crippen molar-refractivity contribution in [2.45, 2.75) is 0 Å². The maximum absolute atomic E-state index is 9.43. The number of carboxylic acid groups (broad SMARTS) is 1. The molecule has 0 unspecified atom stereocenters. The highest BCUT2D eigenvalue weighted by atomic mass is 16.7. The number of ether oxygens (including phenoxy) is 1. The molecule has 9 heavy (non-hydrogen) atoms. The molecule has 0 spiro atoms. The molecule has 0 rings (SSSR count). The summed E-state index contributed by atoms with van der Waals surface area (Å²) in [7, 11) is 0. The van der Waals surface area contributed by atoms with Gasteiger partial charge < -0.3 is 27.9 Å². The summed E-state index contributed by atoms with van der Waals surface area (Å²) in [5.41, 5.74) is 4.25. The Morgan fingerprint density at radius 1 is 1.33 bits per heavy atom. The fraction of sp³-hybridized carbons (Fsp3) is 0. The highest BCUT2D eigenvalue weighted by Crippen LogP contribution is 1.70. The summed E-state index contributed by atoms with van der Waals surface area (Å²) in [6.07, 6.45) is -3.00. The number of nitrogens with two attached hydrogens (primary N) is 1. The first-order valence-electron chi connectivity index (χ1n) is 1.33. The topological polar surface area (TPSA) is 160 Å². The van der Waals surface area contributed by atoms with E-state index in [4.69, 9.17) is 5.11 Å². The van der Waals surface area contributed by atoms with Gasteiger partial charge >= 0.3 is 12.2 Å². The fourth-order valence-corrected chi connectivity index (χ4v) is 0.0861. The molecule has 0 aromatic carbocycles. The van der Waals surface area contributed by atoms with Crippen LogP contribution >= 0.6 is 0 Å². The zero-order chi connectivity index (χ0) is 5.86. The van der Waals surface area contributed by atoms with E-state index < -0.39 is 12.2 Å². The summed E-state index contributed by atoms with van der Waals surface area (Å²) < 4.78 is 3.31. The number of amides is 1. The monoisotopic (exact) mass is 139 g/mol. The summed E-state index contributed by atoms with van der Waals surface area (Å²) in [4.78, 5) is 18.7. The molecule has 0 aliphatic carbocycles. The van der Waals surface area contributed by atoms with Crippen LogP contribution in [0.1, 0.15) is 0 Å². The quantitative estimate of drug-likeness (QED) is 0.274. The number of carbonyl (C=O) groups is 2. The Morgan fingerprint density at radius 2 is 1.67 bits per heavy atom. The van der Waals surface area contributed by atoms with Crippen LogP contribution in [0.25, 0.3) is 0 Å². The van der Waals surface area contributed by atoms with E-state index in [2.05, 4.69) is 10.5 Å². The predicted octanol–water partition coefficient (Wildman–Crippen LogP) is 0.0837. The first-order chi connectivity index (χ1) is 3.13. The first-order valence-corrected chi connectivity index (χ1v) is 1.33. The predicted molar refractivity (Wildman–Crippen MR) is 28.7 cm³/mol. The van der Waals surface area contributed by atoms with Gasteiger partial charge in [0, 0.05) is 0 Å².